The molecule has 0 N–H and O–H groups in total. The summed E-state index contributed by atoms with van der Waals surface area (Å²) < 4.78 is 2.08. The van der Waals surface area contributed by atoms with E-state index in [0.29, 0.717) is 37.8 Å². The summed E-state index contributed by atoms with van der Waals surface area (Å²) in [5, 5.41) is 0. The van der Waals surface area contributed by atoms with Gasteiger partial charge in [0.1, 0.15) is 0 Å². The van der Waals surface area contributed by atoms with Gasteiger partial charge in [0.2, 0.25) is 11.8 Å². The number of carbonyl (C=O) groups is 2. The maximum absolute atomic E-state index is 12.8. The van der Waals surface area contributed by atoms with Gasteiger partial charge in [-0.05, 0) is 30.0 Å². The van der Waals surface area contributed by atoms with Crippen LogP contribution in [0.3, 0.4) is 0 Å². The van der Waals surface area contributed by atoms with Gasteiger partial charge in [-0.15, -0.1) is 11.3 Å². The molecule has 154 valence electrons. The van der Waals surface area contributed by atoms with Gasteiger partial charge in [-0.25, -0.2) is 4.98 Å². The fraction of sp³-hybridized carbons (Fsp3) is 0.348. The van der Waals surface area contributed by atoms with E-state index >= 15 is 0 Å². The number of hydrogen-bond acceptors (Lipinski definition) is 5. The second-order valence-electron chi connectivity index (χ2n) is 7.80. The van der Waals surface area contributed by atoms with E-state index in [1.165, 1.54) is 17.3 Å². The highest BCUT2D eigenvalue weighted by molar-refractivity contribution is 8.01. The third-order valence-corrected chi connectivity index (χ3v) is 8.04. The number of carbonyl (C=O) groups excluding carboxylic acids is 2. The first-order valence-electron chi connectivity index (χ1n) is 10.3. The van der Waals surface area contributed by atoms with E-state index in [9.17, 15) is 9.59 Å². The predicted molar refractivity (Wildman–Crippen MR) is 121 cm³/mol. The number of hydrogen-bond donors (Lipinski definition) is 0. The number of benzene rings is 2. The van der Waals surface area contributed by atoms with Gasteiger partial charge in [-0.3, -0.25) is 9.59 Å². The molecule has 1 aromatic heterocycles. The van der Waals surface area contributed by atoms with Gasteiger partial charge in [-0.2, -0.15) is 0 Å². The lowest BCUT2D eigenvalue weighted by molar-refractivity contribution is -0.139. The summed E-state index contributed by atoms with van der Waals surface area (Å²) in [6.45, 7) is 2.50. The second-order valence-corrected chi connectivity index (χ2v) is 10.1. The lowest BCUT2D eigenvalue weighted by atomic mass is 10.1. The van der Waals surface area contributed by atoms with Crippen LogP contribution in [-0.2, 0) is 9.59 Å². The minimum absolute atomic E-state index is 0.115. The Kier molecular flexibility index (Phi) is 5.48. The predicted octanol–water partition coefficient (Wildman–Crippen LogP) is 3.86. The van der Waals surface area contributed by atoms with Crippen LogP contribution in [-0.4, -0.2) is 58.5 Å². The summed E-state index contributed by atoms with van der Waals surface area (Å²) in [5.74, 6) is 1.25. The van der Waals surface area contributed by atoms with E-state index in [1.807, 2.05) is 46.2 Å². The molecule has 3 aromatic rings. The first kappa shape index (κ1) is 19.6. The van der Waals surface area contributed by atoms with Gasteiger partial charge < -0.3 is 9.80 Å². The van der Waals surface area contributed by atoms with Crippen molar-refractivity contribution in [3.8, 4) is 0 Å². The van der Waals surface area contributed by atoms with Crippen LogP contribution in [0.25, 0.3) is 10.2 Å². The summed E-state index contributed by atoms with van der Waals surface area (Å²) in [7, 11) is 0. The number of nitrogens with zero attached hydrogens (tertiary/aromatic N) is 3. The molecule has 2 aromatic carbocycles. The Balaban J connectivity index is 1.10. The molecule has 1 aliphatic heterocycles. The molecule has 1 saturated carbocycles. The molecule has 0 unspecified atom stereocenters. The van der Waals surface area contributed by atoms with Crippen LogP contribution >= 0.6 is 23.1 Å². The van der Waals surface area contributed by atoms with E-state index in [-0.39, 0.29) is 17.7 Å². The highest BCUT2D eigenvalue weighted by atomic mass is 32.2. The minimum atomic E-state index is 0.115. The normalized spacial score (nSPS) is 21.1. The Bertz CT molecular complexity index is 1030. The van der Waals surface area contributed by atoms with Crippen LogP contribution in [0.15, 0.2) is 58.9 Å². The van der Waals surface area contributed by atoms with Crippen LogP contribution < -0.4 is 0 Å². The zero-order chi connectivity index (χ0) is 20.5. The molecule has 2 fully saturated rings. The van der Waals surface area contributed by atoms with Crippen LogP contribution in [0.2, 0.25) is 0 Å². The van der Waals surface area contributed by atoms with Gasteiger partial charge in [0, 0.05) is 32.1 Å². The third-order valence-electron chi connectivity index (χ3n) is 5.87. The maximum atomic E-state index is 12.8. The first-order valence-corrected chi connectivity index (χ1v) is 12.1. The molecular weight excluding hydrogens is 414 g/mol. The van der Waals surface area contributed by atoms with E-state index < -0.39 is 0 Å². The van der Waals surface area contributed by atoms with E-state index in [4.69, 9.17) is 0 Å². The molecule has 5 rings (SSSR count). The van der Waals surface area contributed by atoms with Crippen LogP contribution in [0.1, 0.15) is 17.9 Å². The van der Waals surface area contributed by atoms with Crippen LogP contribution in [0.5, 0.6) is 0 Å². The molecule has 2 amide bonds. The Labute approximate surface area is 184 Å². The highest BCUT2D eigenvalue weighted by Gasteiger charge is 2.46. The average molecular weight is 438 g/mol. The summed E-state index contributed by atoms with van der Waals surface area (Å²) in [6, 6.07) is 18.3. The lowest BCUT2D eigenvalue weighted by Crippen LogP contribution is -2.51. The fourth-order valence-electron chi connectivity index (χ4n) is 4.07. The molecule has 2 heterocycles. The van der Waals surface area contributed by atoms with E-state index in [0.717, 1.165) is 21.0 Å². The number of fused-ring (bicyclic) bond motifs is 1. The summed E-state index contributed by atoms with van der Waals surface area (Å²) >= 11 is 3.13. The van der Waals surface area contributed by atoms with Crippen molar-refractivity contribution in [2.75, 3.05) is 31.9 Å². The number of piperazine rings is 1. The Hall–Kier alpha value is -2.38. The number of rotatable bonds is 5. The Morgan fingerprint density at radius 1 is 0.967 bits per heavy atom. The van der Waals surface area contributed by atoms with E-state index in [2.05, 4.69) is 23.2 Å². The summed E-state index contributed by atoms with van der Waals surface area (Å²) in [6.07, 6.45) is 0.945. The SMILES string of the molecule is O=C(CSc1nc2ccccc2s1)N1CCN(C(=O)[C@H]2C[C@H]2c2ccccc2)CC1. The van der Waals surface area contributed by atoms with Crippen molar-refractivity contribution >= 4 is 45.1 Å². The van der Waals surface area contributed by atoms with Gasteiger partial charge in [-0.1, -0.05) is 54.2 Å². The molecule has 7 heteroatoms. The second kappa shape index (κ2) is 8.40. The van der Waals surface area contributed by atoms with Crippen molar-refractivity contribution in [1.82, 2.24) is 14.8 Å². The van der Waals surface area contributed by atoms with Crippen molar-refractivity contribution in [3.63, 3.8) is 0 Å². The molecule has 5 nitrogen and oxygen atoms in total. The van der Waals surface area contributed by atoms with Crippen molar-refractivity contribution in [1.29, 1.82) is 0 Å². The van der Waals surface area contributed by atoms with Gasteiger partial charge in [0.05, 0.1) is 16.0 Å². The zero-order valence-corrected chi connectivity index (χ0v) is 18.2. The smallest absolute Gasteiger partial charge is 0.233 e. The first-order chi connectivity index (χ1) is 14.7. The number of aromatic nitrogens is 1. The number of thioether (sulfide) groups is 1. The fourth-order valence-corrected chi connectivity index (χ4v) is 6.05. The zero-order valence-electron chi connectivity index (χ0n) is 16.6. The summed E-state index contributed by atoms with van der Waals surface area (Å²) in [5.41, 5.74) is 2.25. The standard InChI is InChI=1S/C23H23N3O2S2/c27-21(15-29-23-24-19-8-4-5-9-20(19)30-23)25-10-12-26(13-11-25)22(28)18-14-17(18)16-6-2-1-3-7-16/h1-9,17-18H,10-15H2/t17-,18-/m0/s1. The van der Waals surface area contributed by atoms with Crippen molar-refractivity contribution in [3.05, 3.63) is 60.2 Å². The van der Waals surface area contributed by atoms with Crippen LogP contribution in [0, 0.1) is 5.92 Å². The molecule has 0 radical (unpaired) electrons. The topological polar surface area (TPSA) is 53.5 Å². The molecule has 30 heavy (non-hydrogen) atoms. The monoisotopic (exact) mass is 437 g/mol. The molecule has 0 bridgehead atoms. The molecular formula is C23H23N3O2S2. The molecule has 0 spiro atoms. The van der Waals surface area contributed by atoms with Crippen molar-refractivity contribution < 1.29 is 9.59 Å². The Morgan fingerprint density at radius 2 is 1.67 bits per heavy atom. The van der Waals surface area contributed by atoms with Crippen molar-refractivity contribution in [2.45, 2.75) is 16.7 Å². The van der Waals surface area contributed by atoms with Gasteiger partial charge >= 0.3 is 0 Å². The Morgan fingerprint density at radius 3 is 2.43 bits per heavy atom. The largest absolute Gasteiger partial charge is 0.339 e. The maximum Gasteiger partial charge on any atom is 0.233 e. The summed E-state index contributed by atoms with van der Waals surface area (Å²) in [4.78, 5) is 33.9. The molecule has 2 aliphatic rings. The molecule has 2 atom stereocenters. The molecule has 1 saturated heterocycles. The van der Waals surface area contributed by atoms with E-state index in [1.54, 1.807) is 11.3 Å². The minimum Gasteiger partial charge on any atom is -0.339 e. The number of thiazole rings is 1. The average Bonchev–Trinajstić information content (AvgIpc) is 3.49. The van der Waals surface area contributed by atoms with Gasteiger partial charge in [0.25, 0.3) is 0 Å². The van der Waals surface area contributed by atoms with Crippen molar-refractivity contribution in [2.24, 2.45) is 5.92 Å². The highest BCUT2D eigenvalue weighted by Crippen LogP contribution is 2.48. The van der Waals surface area contributed by atoms with Crippen LogP contribution in [0.4, 0.5) is 0 Å². The lowest BCUT2D eigenvalue weighted by Gasteiger charge is -2.35. The number of para-hydroxylation sites is 1. The quantitative estimate of drug-likeness (QED) is 0.569. The van der Waals surface area contributed by atoms with Gasteiger partial charge in [0.15, 0.2) is 4.34 Å². The number of amides is 2. The molecule has 1 aliphatic carbocycles. The third kappa shape index (κ3) is 4.09.